The standard InChI is InChI=1S/C19H17F2N3O3S/c1-24-18(10-27-14-6-4-13(26-2)5-7-14)22-23-19(24)28-11-17(25)12-3-8-15(20)16(21)9-12/h3-9H,10-11H2,1-2H3. The van der Waals surface area contributed by atoms with Gasteiger partial charge in [-0.25, -0.2) is 8.78 Å². The molecule has 3 aromatic rings. The minimum atomic E-state index is -1.05. The number of ketones is 1. The van der Waals surface area contributed by atoms with Gasteiger partial charge in [-0.15, -0.1) is 10.2 Å². The average molecular weight is 405 g/mol. The Kier molecular flexibility index (Phi) is 6.25. The first-order valence-electron chi connectivity index (χ1n) is 8.24. The number of aromatic nitrogens is 3. The van der Waals surface area contributed by atoms with Gasteiger partial charge in [0.05, 0.1) is 12.9 Å². The number of carbonyl (C=O) groups is 1. The van der Waals surface area contributed by atoms with E-state index in [4.69, 9.17) is 9.47 Å². The highest BCUT2D eigenvalue weighted by Gasteiger charge is 2.14. The molecule has 9 heteroatoms. The van der Waals surface area contributed by atoms with Gasteiger partial charge in [0.15, 0.2) is 28.4 Å². The van der Waals surface area contributed by atoms with Gasteiger partial charge in [0, 0.05) is 12.6 Å². The third-order valence-corrected chi connectivity index (χ3v) is 4.95. The maximum atomic E-state index is 13.3. The molecule has 0 spiro atoms. The summed E-state index contributed by atoms with van der Waals surface area (Å²) in [5, 5.41) is 8.62. The number of rotatable bonds is 8. The van der Waals surface area contributed by atoms with Crippen molar-refractivity contribution in [3.8, 4) is 11.5 Å². The molecule has 146 valence electrons. The highest BCUT2D eigenvalue weighted by atomic mass is 32.2. The van der Waals surface area contributed by atoms with Gasteiger partial charge >= 0.3 is 0 Å². The third kappa shape index (κ3) is 4.66. The summed E-state index contributed by atoms with van der Waals surface area (Å²) in [5.74, 6) is -0.369. The predicted octanol–water partition coefficient (Wildman–Crippen LogP) is 3.66. The second-order valence-corrected chi connectivity index (χ2v) is 6.71. The molecule has 0 aliphatic rings. The number of Topliss-reactive ketones (excluding diaryl/α,β-unsaturated/α-hetero) is 1. The molecule has 0 atom stereocenters. The lowest BCUT2D eigenvalue weighted by molar-refractivity contribution is 0.102. The van der Waals surface area contributed by atoms with Crippen LogP contribution in [0.15, 0.2) is 47.6 Å². The number of benzene rings is 2. The smallest absolute Gasteiger partial charge is 0.191 e. The normalized spacial score (nSPS) is 10.7. The number of nitrogens with zero attached hydrogens (tertiary/aromatic N) is 3. The van der Waals surface area contributed by atoms with Crippen molar-refractivity contribution in [3.63, 3.8) is 0 Å². The maximum absolute atomic E-state index is 13.3. The summed E-state index contributed by atoms with van der Waals surface area (Å²) in [7, 11) is 3.35. The Morgan fingerprint density at radius 2 is 1.79 bits per heavy atom. The summed E-state index contributed by atoms with van der Waals surface area (Å²) < 4.78 is 38.7. The molecule has 0 saturated heterocycles. The van der Waals surface area contributed by atoms with Gasteiger partial charge < -0.3 is 14.0 Å². The molecule has 1 heterocycles. The summed E-state index contributed by atoms with van der Waals surface area (Å²) in [6.07, 6.45) is 0. The van der Waals surface area contributed by atoms with Crippen LogP contribution in [0.4, 0.5) is 8.78 Å². The van der Waals surface area contributed by atoms with Gasteiger partial charge in [0.2, 0.25) is 0 Å². The second kappa shape index (κ2) is 8.83. The lowest BCUT2D eigenvalue weighted by Crippen LogP contribution is -2.06. The molecule has 3 rings (SSSR count). The first-order valence-corrected chi connectivity index (χ1v) is 9.22. The summed E-state index contributed by atoms with van der Waals surface area (Å²) in [6.45, 7) is 0.202. The van der Waals surface area contributed by atoms with E-state index in [9.17, 15) is 13.6 Å². The van der Waals surface area contributed by atoms with Crippen molar-refractivity contribution in [2.45, 2.75) is 11.8 Å². The van der Waals surface area contributed by atoms with E-state index in [1.165, 1.54) is 6.07 Å². The van der Waals surface area contributed by atoms with E-state index in [1.807, 2.05) is 0 Å². The van der Waals surface area contributed by atoms with Crippen molar-refractivity contribution in [3.05, 3.63) is 65.5 Å². The van der Waals surface area contributed by atoms with E-state index in [0.717, 1.165) is 29.6 Å². The topological polar surface area (TPSA) is 66.2 Å². The van der Waals surface area contributed by atoms with Gasteiger partial charge in [-0.3, -0.25) is 4.79 Å². The Morgan fingerprint density at radius 3 is 2.46 bits per heavy atom. The number of thioether (sulfide) groups is 1. The average Bonchev–Trinajstić information content (AvgIpc) is 3.06. The Balaban J connectivity index is 1.57. The zero-order valence-corrected chi connectivity index (χ0v) is 16.0. The molecule has 0 aliphatic carbocycles. The summed E-state index contributed by atoms with van der Waals surface area (Å²) in [5.41, 5.74) is 0.108. The number of hydrogen-bond acceptors (Lipinski definition) is 6. The molecule has 0 radical (unpaired) electrons. The van der Waals surface area contributed by atoms with Crippen molar-refractivity contribution >= 4 is 17.5 Å². The number of hydrogen-bond donors (Lipinski definition) is 0. The Morgan fingerprint density at radius 1 is 1.07 bits per heavy atom. The lowest BCUT2D eigenvalue weighted by Gasteiger charge is -2.07. The first kappa shape index (κ1) is 19.8. The lowest BCUT2D eigenvalue weighted by atomic mass is 10.1. The quantitative estimate of drug-likeness (QED) is 0.421. The van der Waals surface area contributed by atoms with Gasteiger partial charge in [-0.05, 0) is 42.5 Å². The van der Waals surface area contributed by atoms with Gasteiger partial charge in [-0.1, -0.05) is 11.8 Å². The Bertz CT molecular complexity index is 977. The summed E-state index contributed by atoms with van der Waals surface area (Å²) in [4.78, 5) is 12.2. The van der Waals surface area contributed by atoms with Crippen LogP contribution in [0.1, 0.15) is 16.2 Å². The molecule has 28 heavy (non-hydrogen) atoms. The SMILES string of the molecule is COc1ccc(OCc2nnc(SCC(=O)c3ccc(F)c(F)c3)n2C)cc1. The zero-order valence-electron chi connectivity index (χ0n) is 15.2. The number of carbonyl (C=O) groups excluding carboxylic acids is 1. The van der Waals surface area contributed by atoms with Crippen molar-refractivity contribution in [2.75, 3.05) is 12.9 Å². The van der Waals surface area contributed by atoms with Crippen molar-refractivity contribution in [1.29, 1.82) is 0 Å². The summed E-state index contributed by atoms with van der Waals surface area (Å²) >= 11 is 1.16. The second-order valence-electron chi connectivity index (χ2n) is 5.76. The van der Waals surface area contributed by atoms with Crippen LogP contribution in [0.2, 0.25) is 0 Å². The van der Waals surface area contributed by atoms with Crippen LogP contribution in [0, 0.1) is 11.6 Å². The fourth-order valence-corrected chi connectivity index (χ4v) is 3.12. The zero-order chi connectivity index (χ0) is 20.1. The fourth-order valence-electron chi connectivity index (χ4n) is 2.30. The fraction of sp³-hybridized carbons (Fsp3) is 0.211. The van der Waals surface area contributed by atoms with E-state index in [1.54, 1.807) is 43.0 Å². The molecule has 0 amide bonds. The van der Waals surface area contributed by atoms with Crippen LogP contribution in [-0.2, 0) is 13.7 Å². The molecule has 0 fully saturated rings. The number of methoxy groups -OCH3 is 1. The molecular weight excluding hydrogens is 388 g/mol. The van der Waals surface area contributed by atoms with Gasteiger partial charge in [0.25, 0.3) is 0 Å². The van der Waals surface area contributed by atoms with Crippen LogP contribution in [0.25, 0.3) is 0 Å². The Labute approximate surface area is 164 Å². The van der Waals surface area contributed by atoms with E-state index < -0.39 is 11.6 Å². The minimum absolute atomic E-state index is 0.0242. The molecule has 6 nitrogen and oxygen atoms in total. The molecule has 2 aromatic carbocycles. The van der Waals surface area contributed by atoms with Crippen LogP contribution in [0.5, 0.6) is 11.5 Å². The summed E-state index contributed by atoms with van der Waals surface area (Å²) in [6, 6.07) is 10.2. The monoisotopic (exact) mass is 405 g/mol. The van der Waals surface area contributed by atoms with Crippen molar-refractivity contribution in [1.82, 2.24) is 14.8 Å². The van der Waals surface area contributed by atoms with Crippen LogP contribution in [-0.4, -0.2) is 33.4 Å². The maximum Gasteiger partial charge on any atom is 0.191 e. The first-order chi connectivity index (χ1) is 13.5. The van der Waals surface area contributed by atoms with E-state index in [0.29, 0.717) is 16.7 Å². The van der Waals surface area contributed by atoms with E-state index in [-0.39, 0.29) is 23.7 Å². The molecular formula is C19H17F2N3O3S. The highest BCUT2D eigenvalue weighted by molar-refractivity contribution is 7.99. The van der Waals surface area contributed by atoms with E-state index >= 15 is 0 Å². The predicted molar refractivity (Wildman–Crippen MR) is 99.7 cm³/mol. The molecule has 0 saturated carbocycles. The van der Waals surface area contributed by atoms with Crippen molar-refractivity contribution < 1.29 is 23.0 Å². The number of halogens is 2. The van der Waals surface area contributed by atoms with Crippen LogP contribution in [0.3, 0.4) is 0 Å². The molecule has 0 unspecified atom stereocenters. The molecule has 0 N–H and O–H groups in total. The van der Waals surface area contributed by atoms with Crippen molar-refractivity contribution in [2.24, 2.45) is 7.05 Å². The Hall–Kier alpha value is -2.94. The molecule has 0 bridgehead atoms. The number of ether oxygens (including phenoxy) is 2. The largest absolute Gasteiger partial charge is 0.497 e. The van der Waals surface area contributed by atoms with Crippen LogP contribution >= 0.6 is 11.8 Å². The van der Waals surface area contributed by atoms with Crippen LogP contribution < -0.4 is 9.47 Å². The van der Waals surface area contributed by atoms with Gasteiger partial charge in [-0.2, -0.15) is 0 Å². The third-order valence-electron chi connectivity index (χ3n) is 3.93. The minimum Gasteiger partial charge on any atom is -0.497 e. The molecule has 1 aromatic heterocycles. The highest BCUT2D eigenvalue weighted by Crippen LogP contribution is 2.21. The molecule has 0 aliphatic heterocycles. The van der Waals surface area contributed by atoms with E-state index in [2.05, 4.69) is 10.2 Å². The van der Waals surface area contributed by atoms with Gasteiger partial charge in [0.1, 0.15) is 18.1 Å².